The molecule has 170 valence electrons. The second-order valence-corrected chi connectivity index (χ2v) is 8.67. The average molecular weight is 447 g/mol. The van der Waals surface area contributed by atoms with Crippen molar-refractivity contribution in [1.82, 2.24) is 30.0 Å². The number of amides is 1. The van der Waals surface area contributed by atoms with Crippen LogP contribution in [0.5, 0.6) is 0 Å². The molecule has 3 aromatic rings. The van der Waals surface area contributed by atoms with Crippen LogP contribution in [0.2, 0.25) is 0 Å². The van der Waals surface area contributed by atoms with Crippen LogP contribution in [0.4, 0.5) is 0 Å². The quantitative estimate of drug-likeness (QED) is 0.533. The summed E-state index contributed by atoms with van der Waals surface area (Å²) in [5.41, 5.74) is 4.72. The van der Waals surface area contributed by atoms with Crippen LogP contribution in [0.1, 0.15) is 39.9 Å². The molecular formula is C24H26N6O3. The predicted molar refractivity (Wildman–Crippen MR) is 120 cm³/mol. The lowest BCUT2D eigenvalue weighted by Gasteiger charge is -2.36. The molecule has 0 aliphatic carbocycles. The molecule has 2 aliphatic heterocycles. The van der Waals surface area contributed by atoms with Gasteiger partial charge in [0.1, 0.15) is 12.9 Å². The molecule has 0 radical (unpaired) electrons. The van der Waals surface area contributed by atoms with Crippen LogP contribution in [0.15, 0.2) is 48.8 Å². The molecule has 2 aliphatic rings. The van der Waals surface area contributed by atoms with Crippen molar-refractivity contribution in [3.05, 3.63) is 71.0 Å². The van der Waals surface area contributed by atoms with Gasteiger partial charge in [-0.25, -0.2) is 9.48 Å². The summed E-state index contributed by atoms with van der Waals surface area (Å²) >= 11 is 0. The Morgan fingerprint density at radius 2 is 1.88 bits per heavy atom. The molecule has 9 heteroatoms. The van der Waals surface area contributed by atoms with Crippen molar-refractivity contribution in [3.63, 3.8) is 0 Å². The Kier molecular flexibility index (Phi) is 5.87. The zero-order chi connectivity index (χ0) is 22.8. The van der Waals surface area contributed by atoms with Gasteiger partial charge < -0.3 is 9.64 Å². The van der Waals surface area contributed by atoms with E-state index in [1.54, 1.807) is 11.0 Å². The summed E-state index contributed by atoms with van der Waals surface area (Å²) in [5.74, 6) is 0.265. The SMILES string of the molecule is C[C@@H](CN1CCN(C(=O)Cc2ccc(-n3cnnn3)cc2)CC1)c1ccc2c(c1)COC2=O. The highest BCUT2D eigenvalue weighted by molar-refractivity contribution is 5.93. The topological polar surface area (TPSA) is 93.5 Å². The molecule has 3 heterocycles. The number of cyclic esters (lactones) is 1. The number of esters is 1. The van der Waals surface area contributed by atoms with Gasteiger partial charge in [-0.2, -0.15) is 0 Å². The number of rotatable bonds is 6. The number of carbonyl (C=O) groups is 2. The van der Waals surface area contributed by atoms with E-state index in [-0.39, 0.29) is 11.9 Å². The predicted octanol–water partition coefficient (Wildman–Crippen LogP) is 1.82. The molecule has 0 saturated carbocycles. The first-order valence-electron chi connectivity index (χ1n) is 11.2. The summed E-state index contributed by atoms with van der Waals surface area (Å²) < 4.78 is 6.70. The first kappa shape index (κ1) is 21.3. The fourth-order valence-corrected chi connectivity index (χ4v) is 4.46. The van der Waals surface area contributed by atoms with E-state index in [4.69, 9.17) is 4.74 Å². The van der Waals surface area contributed by atoms with Crippen LogP contribution in [0.25, 0.3) is 5.69 Å². The normalized spacial score (nSPS) is 17.0. The van der Waals surface area contributed by atoms with E-state index in [9.17, 15) is 9.59 Å². The largest absolute Gasteiger partial charge is 0.457 e. The molecule has 1 saturated heterocycles. The summed E-state index contributed by atoms with van der Waals surface area (Å²) in [7, 11) is 0. The van der Waals surface area contributed by atoms with Crippen molar-refractivity contribution >= 4 is 11.9 Å². The van der Waals surface area contributed by atoms with Crippen LogP contribution in [-0.4, -0.2) is 74.6 Å². The van der Waals surface area contributed by atoms with Crippen LogP contribution in [0.3, 0.4) is 0 Å². The molecule has 2 aromatic carbocycles. The molecule has 0 spiro atoms. The van der Waals surface area contributed by atoms with Gasteiger partial charge in [0.25, 0.3) is 0 Å². The van der Waals surface area contributed by atoms with E-state index >= 15 is 0 Å². The minimum Gasteiger partial charge on any atom is -0.457 e. The van der Waals surface area contributed by atoms with Crippen LogP contribution in [0, 0.1) is 0 Å². The Balaban J connectivity index is 1.11. The standard InChI is InChI=1S/C24H26N6O3/c1-17(19-4-7-22-20(13-19)15-33-24(22)32)14-28-8-10-29(11-9-28)23(31)12-18-2-5-21(6-3-18)30-16-25-26-27-30/h2-7,13,16-17H,8-12,14-15H2,1H3/t17-/m0/s1. The van der Waals surface area contributed by atoms with Crippen LogP contribution >= 0.6 is 0 Å². The Hall–Kier alpha value is -3.59. The molecular weight excluding hydrogens is 420 g/mol. The number of hydrogen-bond acceptors (Lipinski definition) is 7. The minimum absolute atomic E-state index is 0.154. The molecule has 33 heavy (non-hydrogen) atoms. The molecule has 0 unspecified atom stereocenters. The Morgan fingerprint density at radius 3 is 2.61 bits per heavy atom. The van der Waals surface area contributed by atoms with Gasteiger partial charge in [0.15, 0.2) is 0 Å². The fourth-order valence-electron chi connectivity index (χ4n) is 4.46. The third-order valence-electron chi connectivity index (χ3n) is 6.44. The van der Waals surface area contributed by atoms with Gasteiger partial charge in [0.2, 0.25) is 5.91 Å². The third kappa shape index (κ3) is 4.63. The number of fused-ring (bicyclic) bond motifs is 1. The van der Waals surface area contributed by atoms with E-state index < -0.39 is 0 Å². The first-order chi connectivity index (χ1) is 16.1. The number of tetrazole rings is 1. The number of aromatic nitrogens is 4. The highest BCUT2D eigenvalue weighted by Crippen LogP contribution is 2.25. The molecule has 5 rings (SSSR count). The Bertz CT molecular complexity index is 1140. The minimum atomic E-state index is -0.228. The summed E-state index contributed by atoms with van der Waals surface area (Å²) in [4.78, 5) is 28.8. The Morgan fingerprint density at radius 1 is 1.09 bits per heavy atom. The van der Waals surface area contributed by atoms with Crippen LogP contribution < -0.4 is 0 Å². The summed E-state index contributed by atoms with van der Waals surface area (Å²) in [5, 5.41) is 11.1. The number of benzene rings is 2. The van der Waals surface area contributed by atoms with E-state index in [0.717, 1.165) is 49.5 Å². The van der Waals surface area contributed by atoms with Gasteiger partial charge in [-0.15, -0.1) is 5.10 Å². The Labute approximate surface area is 191 Å². The summed E-state index contributed by atoms with van der Waals surface area (Å²) in [6, 6.07) is 13.7. The number of hydrogen-bond donors (Lipinski definition) is 0. The van der Waals surface area contributed by atoms with Gasteiger partial charge in [0, 0.05) is 38.3 Å². The van der Waals surface area contributed by atoms with Crippen molar-refractivity contribution < 1.29 is 14.3 Å². The zero-order valence-corrected chi connectivity index (χ0v) is 18.6. The average Bonchev–Trinajstić information content (AvgIpc) is 3.50. The van der Waals surface area contributed by atoms with Gasteiger partial charge >= 0.3 is 5.97 Å². The van der Waals surface area contributed by atoms with Crippen molar-refractivity contribution in [2.24, 2.45) is 0 Å². The molecule has 0 N–H and O–H groups in total. The molecule has 9 nitrogen and oxygen atoms in total. The fraction of sp³-hybridized carbons (Fsp3) is 0.375. The smallest absolute Gasteiger partial charge is 0.338 e. The van der Waals surface area contributed by atoms with Crippen molar-refractivity contribution in [3.8, 4) is 5.69 Å². The van der Waals surface area contributed by atoms with Crippen molar-refractivity contribution in [2.75, 3.05) is 32.7 Å². The number of ether oxygens (including phenoxy) is 1. The van der Waals surface area contributed by atoms with E-state index in [2.05, 4.69) is 33.4 Å². The zero-order valence-electron chi connectivity index (χ0n) is 18.6. The number of piperazine rings is 1. The van der Waals surface area contributed by atoms with Gasteiger partial charge in [0.05, 0.1) is 17.7 Å². The lowest BCUT2D eigenvalue weighted by Crippen LogP contribution is -2.49. The van der Waals surface area contributed by atoms with Gasteiger partial charge in [-0.3, -0.25) is 9.69 Å². The lowest BCUT2D eigenvalue weighted by atomic mass is 9.96. The monoisotopic (exact) mass is 446 g/mol. The maximum Gasteiger partial charge on any atom is 0.338 e. The maximum absolute atomic E-state index is 12.8. The second kappa shape index (κ2) is 9.11. The number of carbonyl (C=O) groups excluding carboxylic acids is 2. The first-order valence-corrected chi connectivity index (χ1v) is 11.2. The molecule has 1 aromatic heterocycles. The lowest BCUT2D eigenvalue weighted by molar-refractivity contribution is -0.132. The number of nitrogens with zero attached hydrogens (tertiary/aromatic N) is 6. The third-order valence-corrected chi connectivity index (χ3v) is 6.44. The summed E-state index contributed by atoms with van der Waals surface area (Å²) in [6.45, 7) is 6.70. The molecule has 1 amide bonds. The van der Waals surface area contributed by atoms with Crippen molar-refractivity contribution in [2.45, 2.75) is 25.9 Å². The molecule has 1 fully saturated rings. The van der Waals surface area contributed by atoms with Crippen LogP contribution in [-0.2, 0) is 22.6 Å². The van der Waals surface area contributed by atoms with Gasteiger partial charge in [-0.05, 0) is 45.7 Å². The van der Waals surface area contributed by atoms with E-state index in [1.165, 1.54) is 5.56 Å². The maximum atomic E-state index is 12.8. The second-order valence-electron chi connectivity index (χ2n) is 8.67. The van der Waals surface area contributed by atoms with Gasteiger partial charge in [-0.1, -0.05) is 31.2 Å². The highest BCUT2D eigenvalue weighted by Gasteiger charge is 2.25. The summed E-state index contributed by atoms with van der Waals surface area (Å²) in [6.07, 6.45) is 1.93. The molecule has 1 atom stereocenters. The van der Waals surface area contributed by atoms with E-state index in [0.29, 0.717) is 24.5 Å². The highest BCUT2D eigenvalue weighted by atomic mass is 16.5. The van der Waals surface area contributed by atoms with Crippen molar-refractivity contribution in [1.29, 1.82) is 0 Å². The molecule has 0 bridgehead atoms. The van der Waals surface area contributed by atoms with E-state index in [1.807, 2.05) is 41.3 Å².